The molecule has 0 aromatic heterocycles. The molecule has 1 unspecified atom stereocenters. The zero-order valence-electron chi connectivity index (χ0n) is 18.5. The molecule has 0 aliphatic heterocycles. The third kappa shape index (κ3) is 5.73. The van der Waals surface area contributed by atoms with Crippen LogP contribution in [-0.4, -0.2) is 34.1 Å². The first-order chi connectivity index (χ1) is 13.9. The van der Waals surface area contributed by atoms with Crippen molar-refractivity contribution in [1.82, 2.24) is 10.0 Å². The summed E-state index contributed by atoms with van der Waals surface area (Å²) in [4.78, 5) is 12.8. The van der Waals surface area contributed by atoms with Gasteiger partial charge in [-0.2, -0.15) is 0 Å². The van der Waals surface area contributed by atoms with Gasteiger partial charge in [0.15, 0.2) is 0 Å². The predicted octanol–water partition coefficient (Wildman–Crippen LogP) is 3.58. The number of nitrogens with one attached hydrogen (secondary N) is 2. The highest BCUT2D eigenvalue weighted by atomic mass is 32.2. The lowest BCUT2D eigenvalue weighted by Crippen LogP contribution is -2.40. The van der Waals surface area contributed by atoms with Crippen LogP contribution in [0.5, 0.6) is 11.5 Å². The van der Waals surface area contributed by atoms with Gasteiger partial charge in [-0.15, -0.1) is 0 Å². The maximum absolute atomic E-state index is 12.9. The zero-order chi connectivity index (χ0) is 22.7. The minimum atomic E-state index is -3.89. The Kier molecular flexibility index (Phi) is 7.15. The second kappa shape index (κ2) is 9.06. The molecular weight excluding hydrogens is 404 g/mol. The van der Waals surface area contributed by atoms with E-state index in [1.54, 1.807) is 27.9 Å². The molecule has 2 aromatic rings. The lowest BCUT2D eigenvalue weighted by molar-refractivity contribution is 0.0939. The molecule has 30 heavy (non-hydrogen) atoms. The van der Waals surface area contributed by atoms with Crippen molar-refractivity contribution in [3.8, 4) is 11.5 Å². The van der Waals surface area contributed by atoms with Crippen molar-refractivity contribution in [1.29, 1.82) is 0 Å². The van der Waals surface area contributed by atoms with Gasteiger partial charge in [-0.3, -0.25) is 4.79 Å². The van der Waals surface area contributed by atoms with Crippen molar-refractivity contribution in [2.75, 3.05) is 14.2 Å². The summed E-state index contributed by atoms with van der Waals surface area (Å²) in [6.45, 7) is 9.03. The number of carbonyl (C=O) groups is 1. The number of methoxy groups -OCH3 is 2. The molecule has 0 aliphatic rings. The van der Waals surface area contributed by atoms with E-state index >= 15 is 0 Å². The molecule has 0 saturated carbocycles. The molecule has 7 nitrogen and oxygen atoms in total. The number of amides is 1. The highest BCUT2D eigenvalue weighted by Gasteiger charge is 2.27. The zero-order valence-corrected chi connectivity index (χ0v) is 19.3. The molecule has 8 heteroatoms. The van der Waals surface area contributed by atoms with E-state index in [4.69, 9.17) is 9.47 Å². The molecule has 0 fully saturated rings. The summed E-state index contributed by atoms with van der Waals surface area (Å²) in [5.41, 5.74) is 1.40. The van der Waals surface area contributed by atoms with Crippen LogP contribution in [0.2, 0.25) is 0 Å². The Hall–Kier alpha value is -2.58. The molecule has 1 atom stereocenters. The minimum absolute atomic E-state index is 0.0895. The van der Waals surface area contributed by atoms with Gasteiger partial charge in [0.2, 0.25) is 10.0 Å². The number of ether oxygens (including phenoxy) is 2. The summed E-state index contributed by atoms with van der Waals surface area (Å²) in [6, 6.07) is 9.71. The largest absolute Gasteiger partial charge is 0.496 e. The summed E-state index contributed by atoms with van der Waals surface area (Å²) in [5, 5.41) is 2.90. The van der Waals surface area contributed by atoms with E-state index in [9.17, 15) is 13.2 Å². The normalized spacial score (nSPS) is 12.9. The van der Waals surface area contributed by atoms with Crippen LogP contribution in [0.15, 0.2) is 41.3 Å². The van der Waals surface area contributed by atoms with Crippen LogP contribution < -0.4 is 19.5 Å². The fourth-order valence-electron chi connectivity index (χ4n) is 3.04. The van der Waals surface area contributed by atoms with Crippen LogP contribution in [0.3, 0.4) is 0 Å². The number of sulfonamides is 1. The maximum Gasteiger partial charge on any atom is 0.251 e. The molecule has 2 rings (SSSR count). The molecule has 0 aliphatic carbocycles. The van der Waals surface area contributed by atoms with Crippen molar-refractivity contribution in [2.24, 2.45) is 0 Å². The molecule has 0 radical (unpaired) electrons. The third-order valence-corrected chi connectivity index (χ3v) is 6.13. The van der Waals surface area contributed by atoms with E-state index in [0.29, 0.717) is 5.75 Å². The van der Waals surface area contributed by atoms with E-state index in [2.05, 4.69) is 10.0 Å². The highest BCUT2D eigenvalue weighted by Crippen LogP contribution is 2.28. The summed E-state index contributed by atoms with van der Waals surface area (Å²) < 4.78 is 38.8. The van der Waals surface area contributed by atoms with Gasteiger partial charge in [0.05, 0.1) is 20.3 Å². The van der Waals surface area contributed by atoms with E-state index in [1.165, 1.54) is 25.3 Å². The van der Waals surface area contributed by atoms with Gasteiger partial charge in [0.25, 0.3) is 5.91 Å². The van der Waals surface area contributed by atoms with Gasteiger partial charge in [-0.05, 0) is 58.9 Å². The molecule has 2 N–H and O–H groups in total. The molecule has 0 bridgehead atoms. The second-order valence-electron chi connectivity index (χ2n) is 8.16. The van der Waals surface area contributed by atoms with Crippen molar-refractivity contribution in [2.45, 2.75) is 51.1 Å². The Morgan fingerprint density at radius 3 is 2.17 bits per heavy atom. The number of benzene rings is 2. The molecule has 164 valence electrons. The molecule has 0 spiro atoms. The van der Waals surface area contributed by atoms with Gasteiger partial charge >= 0.3 is 0 Å². The Bertz CT molecular complexity index is 1030. The van der Waals surface area contributed by atoms with Crippen LogP contribution in [-0.2, 0) is 10.0 Å². The van der Waals surface area contributed by atoms with Gasteiger partial charge in [0, 0.05) is 16.7 Å². The van der Waals surface area contributed by atoms with Crippen molar-refractivity contribution in [3.05, 3.63) is 53.1 Å². The van der Waals surface area contributed by atoms with Crippen LogP contribution in [0, 0.1) is 6.92 Å². The Morgan fingerprint density at radius 1 is 1.00 bits per heavy atom. The predicted molar refractivity (Wildman–Crippen MR) is 117 cm³/mol. The minimum Gasteiger partial charge on any atom is -0.496 e. The van der Waals surface area contributed by atoms with Crippen LogP contribution in [0.1, 0.15) is 55.2 Å². The molecule has 0 saturated heterocycles. The lowest BCUT2D eigenvalue weighted by atomic mass is 10.0. The van der Waals surface area contributed by atoms with E-state index in [-0.39, 0.29) is 22.3 Å². The van der Waals surface area contributed by atoms with Gasteiger partial charge in [-0.1, -0.05) is 17.7 Å². The van der Waals surface area contributed by atoms with E-state index < -0.39 is 21.5 Å². The third-order valence-electron chi connectivity index (χ3n) is 4.36. The monoisotopic (exact) mass is 434 g/mol. The Labute approximate surface area is 178 Å². The average molecular weight is 435 g/mol. The van der Waals surface area contributed by atoms with Crippen LogP contribution in [0.4, 0.5) is 0 Å². The van der Waals surface area contributed by atoms with Crippen molar-refractivity contribution >= 4 is 15.9 Å². The van der Waals surface area contributed by atoms with Crippen LogP contribution in [0.25, 0.3) is 0 Å². The first-order valence-corrected chi connectivity index (χ1v) is 11.0. The first kappa shape index (κ1) is 23.7. The highest BCUT2D eigenvalue weighted by molar-refractivity contribution is 7.89. The van der Waals surface area contributed by atoms with Crippen molar-refractivity contribution in [3.63, 3.8) is 0 Å². The Morgan fingerprint density at radius 2 is 1.60 bits per heavy atom. The summed E-state index contributed by atoms with van der Waals surface area (Å²) in [5.74, 6) is 0.429. The average Bonchev–Trinajstić information content (AvgIpc) is 2.65. The fourth-order valence-corrected chi connectivity index (χ4v) is 4.65. The fraction of sp³-hybridized carbons (Fsp3) is 0.409. The number of hydrogen-bond acceptors (Lipinski definition) is 5. The van der Waals surface area contributed by atoms with Gasteiger partial charge in [0.1, 0.15) is 16.4 Å². The summed E-state index contributed by atoms with van der Waals surface area (Å²) in [7, 11) is -0.928. The van der Waals surface area contributed by atoms with Crippen molar-refractivity contribution < 1.29 is 22.7 Å². The molecule has 1 amide bonds. The topological polar surface area (TPSA) is 93.7 Å². The first-order valence-electron chi connectivity index (χ1n) is 9.55. The molecule has 0 heterocycles. The quantitative estimate of drug-likeness (QED) is 0.695. The number of hydrogen-bond donors (Lipinski definition) is 2. The van der Waals surface area contributed by atoms with Crippen LogP contribution >= 0.6 is 0 Å². The Balaban J connectivity index is 2.36. The van der Waals surface area contributed by atoms with E-state index in [0.717, 1.165) is 11.1 Å². The van der Waals surface area contributed by atoms with Gasteiger partial charge in [-0.25, -0.2) is 13.1 Å². The molecule has 2 aromatic carbocycles. The number of rotatable bonds is 7. The van der Waals surface area contributed by atoms with Gasteiger partial charge < -0.3 is 14.8 Å². The SMILES string of the molecule is COc1ccc(C)cc1C(C)NC(=O)c1ccc(OC)c(S(=O)(=O)NC(C)(C)C)c1. The summed E-state index contributed by atoms with van der Waals surface area (Å²) in [6.07, 6.45) is 0. The summed E-state index contributed by atoms with van der Waals surface area (Å²) >= 11 is 0. The second-order valence-corrected chi connectivity index (χ2v) is 9.81. The number of carbonyl (C=O) groups excluding carboxylic acids is 1. The van der Waals surface area contributed by atoms with E-state index in [1.807, 2.05) is 32.0 Å². The number of aryl methyl sites for hydroxylation is 1. The lowest BCUT2D eigenvalue weighted by Gasteiger charge is -2.22. The molecular formula is C22H30N2O5S. The standard InChI is InChI=1S/C22H30N2O5S/c1-14-8-10-18(28-6)17(12-14)15(2)23-21(25)16-9-11-19(29-7)20(13-16)30(26,27)24-22(3,4)5/h8-13,15,24H,1-7H3,(H,23,25). The maximum atomic E-state index is 12.9. The smallest absolute Gasteiger partial charge is 0.251 e.